The third-order valence-corrected chi connectivity index (χ3v) is 8.46. The predicted octanol–water partition coefficient (Wildman–Crippen LogP) is 12.8. The summed E-state index contributed by atoms with van der Waals surface area (Å²) < 4.78 is 0.352. The molecule has 0 unspecified atom stereocenters. The molecule has 0 aliphatic rings. The molecular formula is C39H82N2OS. The zero-order valence-electron chi connectivity index (χ0n) is 34.8. The highest BCUT2D eigenvalue weighted by atomic mass is 32.2. The largest absolute Gasteiger partial charge is 0.333 e. The zero-order valence-corrected chi connectivity index (χ0v) is 35.6. The minimum Gasteiger partial charge on any atom is -0.333 e. The molecule has 0 saturated carbocycles. The van der Waals surface area contributed by atoms with E-state index >= 15 is 0 Å². The average Bonchev–Trinajstić information content (AvgIpc) is 2.57. The molecule has 0 aromatic heterocycles. The Kier molecular flexibility index (Phi) is 16.3. The lowest BCUT2D eigenvalue weighted by molar-refractivity contribution is -0.151. The number of amides is 1. The third-order valence-electron chi connectivity index (χ3n) is 6.10. The van der Waals surface area contributed by atoms with E-state index in [2.05, 4.69) is 178 Å². The number of aliphatic imine (C=N–C) groups is 1. The van der Waals surface area contributed by atoms with Gasteiger partial charge in [0.2, 0.25) is 5.91 Å². The Morgan fingerprint density at radius 2 is 0.767 bits per heavy atom. The highest BCUT2D eigenvalue weighted by molar-refractivity contribution is 8.01. The number of hydrogen-bond acceptors (Lipinski definition) is 3. The zero-order chi connectivity index (χ0) is 36.2. The Labute approximate surface area is 278 Å². The fourth-order valence-electron chi connectivity index (χ4n) is 5.75. The summed E-state index contributed by atoms with van der Waals surface area (Å²) in [6, 6.07) is 0. The average molecular weight is 627 g/mol. The maximum atomic E-state index is 12.4. The van der Waals surface area contributed by atoms with Crippen LogP contribution in [0.25, 0.3) is 0 Å². The van der Waals surface area contributed by atoms with Gasteiger partial charge in [-0.1, -0.05) is 125 Å². The van der Waals surface area contributed by atoms with Gasteiger partial charge in [0.1, 0.15) is 0 Å². The molecule has 0 aromatic carbocycles. The fourth-order valence-corrected chi connectivity index (χ4v) is 7.17. The molecule has 0 N–H and O–H groups in total. The van der Waals surface area contributed by atoms with E-state index in [0.29, 0.717) is 20.8 Å². The van der Waals surface area contributed by atoms with Crippen LogP contribution in [0.2, 0.25) is 0 Å². The number of carbonyl (C=O) groups excluding carboxylic acids is 1. The second kappa shape index (κ2) is 14.9. The summed E-state index contributed by atoms with van der Waals surface area (Å²) in [5, 5.41) is 0.690. The molecule has 0 aliphatic carbocycles. The van der Waals surface area contributed by atoms with E-state index in [1.165, 1.54) is 5.71 Å². The minimum absolute atomic E-state index is 0.0237. The van der Waals surface area contributed by atoms with Crippen molar-refractivity contribution in [3.05, 3.63) is 0 Å². The SMILES string of the molecule is CC(C)(C)C(=O)N(C(C)(C)C)C(C)(C)C.CC(C)(C)N=C(C(C)(C)C)C(C)(C)C.CC(C)(C)SC(C(C)(C)C)C(C)(C)C. The van der Waals surface area contributed by atoms with Crippen molar-refractivity contribution in [3.63, 3.8) is 0 Å². The summed E-state index contributed by atoms with van der Waals surface area (Å²) in [5.41, 5.74) is 1.79. The first-order valence-electron chi connectivity index (χ1n) is 16.6. The van der Waals surface area contributed by atoms with Crippen LogP contribution in [0.3, 0.4) is 0 Å². The molecular weight excluding hydrogens is 545 g/mol. The van der Waals surface area contributed by atoms with Gasteiger partial charge in [0, 0.05) is 43.0 Å². The second-order valence-corrected chi connectivity index (χ2v) is 23.6. The molecule has 0 bridgehead atoms. The van der Waals surface area contributed by atoms with E-state index in [0.717, 1.165) is 0 Å². The van der Waals surface area contributed by atoms with E-state index in [4.69, 9.17) is 4.99 Å². The van der Waals surface area contributed by atoms with Gasteiger partial charge in [0.15, 0.2) is 0 Å². The van der Waals surface area contributed by atoms with Gasteiger partial charge in [0.05, 0.1) is 5.54 Å². The molecule has 0 aliphatic heterocycles. The summed E-state index contributed by atoms with van der Waals surface area (Å²) in [6.07, 6.45) is 0. The highest BCUT2D eigenvalue weighted by Gasteiger charge is 2.40. The first-order valence-corrected chi connectivity index (χ1v) is 17.5. The van der Waals surface area contributed by atoms with Gasteiger partial charge >= 0.3 is 0 Å². The summed E-state index contributed by atoms with van der Waals surface area (Å²) in [6.45, 7) is 59.3. The van der Waals surface area contributed by atoms with Crippen LogP contribution in [0.15, 0.2) is 4.99 Å². The van der Waals surface area contributed by atoms with Crippen molar-refractivity contribution in [2.75, 3.05) is 0 Å². The van der Waals surface area contributed by atoms with E-state index in [9.17, 15) is 4.79 Å². The molecule has 0 fully saturated rings. The predicted molar refractivity (Wildman–Crippen MR) is 202 cm³/mol. The van der Waals surface area contributed by atoms with Crippen molar-refractivity contribution in [1.82, 2.24) is 4.90 Å². The summed E-state index contributed by atoms with van der Waals surface area (Å²) in [4.78, 5) is 19.2. The Morgan fingerprint density at radius 3 is 0.837 bits per heavy atom. The van der Waals surface area contributed by atoms with Crippen LogP contribution in [0.1, 0.15) is 187 Å². The van der Waals surface area contributed by atoms with Crippen molar-refractivity contribution in [3.8, 4) is 0 Å². The fraction of sp³-hybridized carbons (Fsp3) is 0.949. The molecule has 43 heavy (non-hydrogen) atoms. The van der Waals surface area contributed by atoms with Gasteiger partial charge in [-0.15, -0.1) is 0 Å². The van der Waals surface area contributed by atoms with Crippen molar-refractivity contribution < 1.29 is 4.79 Å². The Morgan fingerprint density at radius 1 is 0.488 bits per heavy atom. The monoisotopic (exact) mass is 627 g/mol. The molecule has 1 amide bonds. The Hall–Kier alpha value is -0.510. The van der Waals surface area contributed by atoms with Gasteiger partial charge in [-0.3, -0.25) is 9.79 Å². The van der Waals surface area contributed by atoms with E-state index in [1.54, 1.807) is 0 Å². The molecule has 0 radical (unpaired) electrons. The van der Waals surface area contributed by atoms with Crippen molar-refractivity contribution in [2.24, 2.45) is 32.1 Å². The van der Waals surface area contributed by atoms with Crippen molar-refractivity contribution in [1.29, 1.82) is 0 Å². The molecule has 260 valence electrons. The Balaban J connectivity index is -0.000000559. The maximum absolute atomic E-state index is 12.4. The summed E-state index contributed by atoms with van der Waals surface area (Å²) >= 11 is 2.12. The van der Waals surface area contributed by atoms with Gasteiger partial charge in [-0.05, 0) is 73.1 Å². The molecule has 0 saturated heterocycles. The van der Waals surface area contributed by atoms with Gasteiger partial charge in [0.25, 0.3) is 0 Å². The molecule has 0 atom stereocenters. The molecule has 3 nitrogen and oxygen atoms in total. The minimum atomic E-state index is -0.319. The molecule has 0 heterocycles. The van der Waals surface area contributed by atoms with Crippen LogP contribution in [-0.4, -0.2) is 43.1 Å². The van der Waals surface area contributed by atoms with Crippen LogP contribution in [0, 0.1) is 27.1 Å². The summed E-state index contributed by atoms with van der Waals surface area (Å²) in [5.74, 6) is 0.211. The van der Waals surface area contributed by atoms with E-state index in [-0.39, 0.29) is 38.8 Å². The van der Waals surface area contributed by atoms with Gasteiger partial charge < -0.3 is 4.90 Å². The lowest BCUT2D eigenvalue weighted by Crippen LogP contribution is -2.58. The number of rotatable bonds is 1. The van der Waals surface area contributed by atoms with Crippen LogP contribution >= 0.6 is 11.8 Å². The molecule has 0 aromatic rings. The van der Waals surface area contributed by atoms with Crippen LogP contribution in [-0.2, 0) is 4.79 Å². The van der Waals surface area contributed by atoms with Gasteiger partial charge in [-0.2, -0.15) is 11.8 Å². The standard InChI is InChI=1S/C13H27NO.C13H27N.C13H28S/c1-11(2,3)10(15)14(12(4,5)6)13(7,8)9;2*1-11(2,3)10(12(4,5)6)14-13(7,8)9/h1-9H3;1-9H3;10H,1-9H3. The lowest BCUT2D eigenvalue weighted by atomic mass is 9.74. The first-order chi connectivity index (χ1) is 18.0. The van der Waals surface area contributed by atoms with Crippen molar-refractivity contribution >= 4 is 23.4 Å². The molecule has 0 rings (SSSR count). The first kappa shape index (κ1) is 46.9. The van der Waals surface area contributed by atoms with Crippen molar-refractivity contribution in [2.45, 2.75) is 214 Å². The smallest absolute Gasteiger partial charge is 0.228 e. The molecule has 0 spiro atoms. The van der Waals surface area contributed by atoms with Crippen LogP contribution in [0.4, 0.5) is 0 Å². The van der Waals surface area contributed by atoms with Crippen LogP contribution < -0.4 is 0 Å². The third kappa shape index (κ3) is 21.0. The second-order valence-electron chi connectivity index (χ2n) is 21.7. The maximum Gasteiger partial charge on any atom is 0.228 e. The number of hydrogen-bond donors (Lipinski definition) is 0. The number of thioether (sulfide) groups is 1. The molecule has 4 heteroatoms. The van der Waals surface area contributed by atoms with Gasteiger partial charge in [-0.25, -0.2) is 0 Å². The normalized spacial score (nSPS) is 14.3. The quantitative estimate of drug-likeness (QED) is 0.271. The lowest BCUT2D eigenvalue weighted by Gasteiger charge is -2.48. The summed E-state index contributed by atoms with van der Waals surface area (Å²) in [7, 11) is 0. The van der Waals surface area contributed by atoms with E-state index in [1.807, 2.05) is 25.7 Å². The Bertz CT molecular complexity index is 820. The van der Waals surface area contributed by atoms with Crippen LogP contribution in [0.5, 0.6) is 0 Å². The van der Waals surface area contributed by atoms with E-state index < -0.39 is 0 Å². The highest BCUT2D eigenvalue weighted by Crippen LogP contribution is 2.47. The topological polar surface area (TPSA) is 32.7 Å². The number of nitrogens with zero attached hydrogens (tertiary/aromatic N) is 2. The number of carbonyl (C=O) groups is 1.